The molecule has 0 saturated carbocycles. The molecule has 3 heteroatoms. The van der Waals surface area contributed by atoms with Crippen molar-refractivity contribution in [1.29, 1.82) is 0 Å². The van der Waals surface area contributed by atoms with Crippen molar-refractivity contribution in [2.75, 3.05) is 13.1 Å². The van der Waals surface area contributed by atoms with Crippen LogP contribution >= 0.6 is 11.3 Å². The number of hydrogen-bond acceptors (Lipinski definition) is 3. The summed E-state index contributed by atoms with van der Waals surface area (Å²) < 4.78 is 0. The number of nitrogens with one attached hydrogen (secondary N) is 1. The lowest BCUT2D eigenvalue weighted by molar-refractivity contribution is 0.0954. The highest BCUT2D eigenvalue weighted by molar-refractivity contribution is 7.10. The minimum absolute atomic E-state index is 0.313. The molecule has 15 heavy (non-hydrogen) atoms. The second-order valence-electron chi connectivity index (χ2n) is 4.29. The van der Waals surface area contributed by atoms with E-state index >= 15 is 0 Å². The van der Waals surface area contributed by atoms with Gasteiger partial charge < -0.3 is 5.32 Å². The number of thiophene rings is 1. The molecule has 1 aliphatic heterocycles. The van der Waals surface area contributed by atoms with Gasteiger partial charge in [-0.2, -0.15) is 0 Å². The Morgan fingerprint density at radius 3 is 3.13 bits per heavy atom. The summed E-state index contributed by atoms with van der Waals surface area (Å²) in [7, 11) is 0. The van der Waals surface area contributed by atoms with Crippen LogP contribution in [0.3, 0.4) is 0 Å². The van der Waals surface area contributed by atoms with Crippen molar-refractivity contribution in [2.24, 2.45) is 5.92 Å². The lowest BCUT2D eigenvalue weighted by atomic mass is 9.92. The van der Waals surface area contributed by atoms with Crippen molar-refractivity contribution in [1.82, 2.24) is 5.32 Å². The maximum Gasteiger partial charge on any atom is 0.164 e. The van der Waals surface area contributed by atoms with E-state index in [9.17, 15) is 4.79 Å². The Morgan fingerprint density at radius 1 is 1.67 bits per heavy atom. The van der Waals surface area contributed by atoms with Gasteiger partial charge in [0.1, 0.15) is 0 Å². The number of hydrogen-bond donors (Lipinski definition) is 1. The minimum atomic E-state index is 0.313. The molecule has 0 radical (unpaired) electrons. The summed E-state index contributed by atoms with van der Waals surface area (Å²) in [5, 5.41) is 5.33. The fourth-order valence-electron chi connectivity index (χ4n) is 2.07. The molecule has 2 heterocycles. The molecule has 1 atom stereocenters. The van der Waals surface area contributed by atoms with E-state index in [0.717, 1.165) is 18.7 Å². The lowest BCUT2D eigenvalue weighted by Crippen LogP contribution is -2.31. The van der Waals surface area contributed by atoms with Gasteiger partial charge in [-0.3, -0.25) is 4.79 Å². The number of carbonyl (C=O) groups excluding carboxylic acids is 1. The summed E-state index contributed by atoms with van der Waals surface area (Å²) >= 11 is 1.66. The SMILES string of the molecule is Cc1cc(C(=O)CC2CCCNC2)cs1. The molecule has 0 amide bonds. The monoisotopic (exact) mass is 223 g/mol. The van der Waals surface area contributed by atoms with Gasteiger partial charge >= 0.3 is 0 Å². The molecule has 2 rings (SSSR count). The first-order valence-electron chi connectivity index (χ1n) is 5.55. The molecule has 0 aliphatic carbocycles. The van der Waals surface area contributed by atoms with Crippen molar-refractivity contribution in [3.8, 4) is 0 Å². The van der Waals surface area contributed by atoms with E-state index in [0.29, 0.717) is 18.1 Å². The van der Waals surface area contributed by atoms with Gasteiger partial charge in [-0.15, -0.1) is 11.3 Å². The van der Waals surface area contributed by atoms with Gasteiger partial charge in [0.05, 0.1) is 0 Å². The van der Waals surface area contributed by atoms with Crippen molar-refractivity contribution in [2.45, 2.75) is 26.2 Å². The Morgan fingerprint density at radius 2 is 2.53 bits per heavy atom. The van der Waals surface area contributed by atoms with Crippen LogP contribution < -0.4 is 5.32 Å². The van der Waals surface area contributed by atoms with Crippen LogP contribution in [0.15, 0.2) is 11.4 Å². The average Bonchev–Trinajstić information content (AvgIpc) is 2.66. The Labute approximate surface area is 94.7 Å². The third-order valence-corrected chi connectivity index (χ3v) is 3.79. The normalized spacial score (nSPS) is 21.5. The Balaban J connectivity index is 1.91. The van der Waals surface area contributed by atoms with E-state index in [2.05, 4.69) is 5.32 Å². The van der Waals surface area contributed by atoms with Gasteiger partial charge in [0.2, 0.25) is 0 Å². The second-order valence-corrected chi connectivity index (χ2v) is 5.40. The summed E-state index contributed by atoms with van der Waals surface area (Å²) in [6.45, 7) is 4.17. The zero-order chi connectivity index (χ0) is 10.7. The summed E-state index contributed by atoms with van der Waals surface area (Å²) in [5.41, 5.74) is 0.906. The van der Waals surface area contributed by atoms with Gasteiger partial charge in [-0.05, 0) is 44.8 Å². The maximum absolute atomic E-state index is 11.9. The third-order valence-electron chi connectivity index (χ3n) is 2.93. The largest absolute Gasteiger partial charge is 0.316 e. The fourth-order valence-corrected chi connectivity index (χ4v) is 2.78. The van der Waals surface area contributed by atoms with E-state index in [1.807, 2.05) is 18.4 Å². The zero-order valence-corrected chi connectivity index (χ0v) is 9.90. The molecule has 0 bridgehead atoms. The molecule has 1 N–H and O–H groups in total. The highest BCUT2D eigenvalue weighted by Crippen LogP contribution is 2.20. The van der Waals surface area contributed by atoms with Crippen molar-refractivity contribution >= 4 is 17.1 Å². The summed E-state index contributed by atoms with van der Waals surface area (Å²) in [6.07, 6.45) is 3.12. The average molecular weight is 223 g/mol. The van der Waals surface area contributed by atoms with Gasteiger partial charge in [0, 0.05) is 22.2 Å². The number of aryl methyl sites for hydroxylation is 1. The molecule has 0 spiro atoms. The predicted octanol–water partition coefficient (Wildman–Crippen LogP) is 2.63. The molecule has 1 saturated heterocycles. The van der Waals surface area contributed by atoms with Crippen molar-refractivity contribution < 1.29 is 4.79 Å². The van der Waals surface area contributed by atoms with Crippen LogP contribution in [0.25, 0.3) is 0 Å². The van der Waals surface area contributed by atoms with Crippen LogP contribution in [0.1, 0.15) is 34.5 Å². The van der Waals surface area contributed by atoms with Gasteiger partial charge in [-0.25, -0.2) is 0 Å². The van der Waals surface area contributed by atoms with Crippen LogP contribution in [0, 0.1) is 12.8 Å². The van der Waals surface area contributed by atoms with Crippen LogP contribution in [-0.2, 0) is 0 Å². The molecule has 1 aromatic heterocycles. The number of rotatable bonds is 3. The summed E-state index contributed by atoms with van der Waals surface area (Å²) in [5.74, 6) is 0.861. The van der Waals surface area contributed by atoms with E-state index in [1.165, 1.54) is 17.7 Å². The summed E-state index contributed by atoms with van der Waals surface area (Å²) in [4.78, 5) is 13.1. The molecule has 82 valence electrons. The molecule has 1 aromatic rings. The smallest absolute Gasteiger partial charge is 0.164 e. The molecule has 1 aliphatic rings. The highest BCUT2D eigenvalue weighted by atomic mass is 32.1. The van der Waals surface area contributed by atoms with Crippen LogP contribution in [0.5, 0.6) is 0 Å². The Bertz CT molecular complexity index is 339. The molecular weight excluding hydrogens is 206 g/mol. The minimum Gasteiger partial charge on any atom is -0.316 e. The molecule has 1 unspecified atom stereocenters. The zero-order valence-electron chi connectivity index (χ0n) is 9.08. The number of piperidine rings is 1. The van der Waals surface area contributed by atoms with Crippen LogP contribution in [-0.4, -0.2) is 18.9 Å². The standard InChI is InChI=1S/C12H17NOS/c1-9-5-11(8-15-9)12(14)6-10-3-2-4-13-7-10/h5,8,10,13H,2-4,6-7H2,1H3. The topological polar surface area (TPSA) is 29.1 Å². The lowest BCUT2D eigenvalue weighted by Gasteiger charge is -2.21. The van der Waals surface area contributed by atoms with E-state index in [4.69, 9.17) is 0 Å². The van der Waals surface area contributed by atoms with E-state index in [-0.39, 0.29) is 0 Å². The highest BCUT2D eigenvalue weighted by Gasteiger charge is 2.18. The number of Topliss-reactive ketones (excluding diaryl/α,β-unsaturated/α-hetero) is 1. The van der Waals surface area contributed by atoms with E-state index in [1.54, 1.807) is 11.3 Å². The van der Waals surface area contributed by atoms with Crippen molar-refractivity contribution in [3.63, 3.8) is 0 Å². The van der Waals surface area contributed by atoms with Crippen molar-refractivity contribution in [3.05, 3.63) is 21.9 Å². The van der Waals surface area contributed by atoms with Gasteiger partial charge in [-0.1, -0.05) is 0 Å². The third kappa shape index (κ3) is 2.89. The number of carbonyl (C=O) groups is 1. The van der Waals surface area contributed by atoms with Crippen LogP contribution in [0.2, 0.25) is 0 Å². The van der Waals surface area contributed by atoms with Gasteiger partial charge in [0.15, 0.2) is 5.78 Å². The van der Waals surface area contributed by atoms with E-state index < -0.39 is 0 Å². The predicted molar refractivity (Wildman–Crippen MR) is 63.6 cm³/mol. The number of ketones is 1. The Kier molecular flexibility index (Phi) is 3.54. The van der Waals surface area contributed by atoms with Gasteiger partial charge in [0.25, 0.3) is 0 Å². The Hall–Kier alpha value is -0.670. The molecule has 0 aromatic carbocycles. The van der Waals surface area contributed by atoms with Crippen LogP contribution in [0.4, 0.5) is 0 Å². The molecule has 1 fully saturated rings. The second kappa shape index (κ2) is 4.90. The maximum atomic E-state index is 11.9. The first-order valence-corrected chi connectivity index (χ1v) is 6.43. The quantitative estimate of drug-likeness (QED) is 0.798. The molecule has 2 nitrogen and oxygen atoms in total. The summed E-state index contributed by atoms with van der Waals surface area (Å²) in [6, 6.07) is 2.00. The molecular formula is C12H17NOS. The first kappa shape index (κ1) is 10.8. The fraction of sp³-hybridized carbons (Fsp3) is 0.583. The first-order chi connectivity index (χ1) is 7.25.